The van der Waals surface area contributed by atoms with Crippen LogP contribution >= 0.6 is 0 Å². The topological polar surface area (TPSA) is 61.9 Å². The fourth-order valence-electron chi connectivity index (χ4n) is 4.93. The van der Waals surface area contributed by atoms with E-state index in [0.29, 0.717) is 18.8 Å². The molecule has 2 fully saturated rings. The molecule has 32 heavy (non-hydrogen) atoms. The van der Waals surface area contributed by atoms with E-state index in [4.69, 9.17) is 4.74 Å². The molecule has 0 bridgehead atoms. The van der Waals surface area contributed by atoms with Crippen LogP contribution in [-0.4, -0.2) is 60.4 Å². The molecule has 1 spiro atoms. The molecule has 6 heteroatoms. The molecule has 2 amide bonds. The molecule has 0 aliphatic carbocycles. The molecule has 2 saturated heterocycles. The highest BCUT2D eigenvalue weighted by Crippen LogP contribution is 2.44. The lowest BCUT2D eigenvalue weighted by Crippen LogP contribution is -2.64. The molecule has 1 N–H and O–H groups in total. The number of hydrogen-bond acceptors (Lipinski definition) is 4. The molecule has 1 atom stereocenters. The second kappa shape index (κ2) is 9.33. The highest BCUT2D eigenvalue weighted by molar-refractivity contribution is 5.83. The van der Waals surface area contributed by atoms with E-state index in [1.807, 2.05) is 68.1 Å². The second-order valence-corrected chi connectivity index (χ2v) is 9.59. The van der Waals surface area contributed by atoms with Crippen LogP contribution in [0.25, 0.3) is 0 Å². The van der Waals surface area contributed by atoms with Gasteiger partial charge in [-0.1, -0.05) is 42.5 Å². The van der Waals surface area contributed by atoms with Gasteiger partial charge in [0.05, 0.1) is 5.92 Å². The van der Waals surface area contributed by atoms with Gasteiger partial charge in [0.15, 0.2) is 6.61 Å². The van der Waals surface area contributed by atoms with Crippen LogP contribution in [0.2, 0.25) is 0 Å². The van der Waals surface area contributed by atoms with Crippen molar-refractivity contribution in [2.24, 2.45) is 11.3 Å². The Bertz CT molecular complexity index is 954. The number of likely N-dealkylation sites (tertiary alicyclic amines) is 2. The average molecular weight is 436 g/mol. The molecule has 2 aromatic rings. The predicted octanol–water partition coefficient (Wildman–Crippen LogP) is 2.86. The SMILES string of the molecule is Cc1cccc(OCC(=O)N2CC3(CN(Cc4ccccc4)CC3C(=O)NC(C)C)C2)c1. The van der Waals surface area contributed by atoms with Crippen molar-refractivity contribution in [3.8, 4) is 5.75 Å². The van der Waals surface area contributed by atoms with Gasteiger partial charge in [-0.15, -0.1) is 0 Å². The molecule has 0 radical (unpaired) electrons. The Balaban J connectivity index is 1.39. The van der Waals surface area contributed by atoms with Crippen molar-refractivity contribution in [1.82, 2.24) is 15.1 Å². The number of rotatable bonds is 7. The lowest BCUT2D eigenvalue weighted by Gasteiger charge is -2.50. The standard InChI is InChI=1S/C26H33N3O3/c1-19(2)27-25(31)23-14-28(13-21-9-5-4-6-10-21)16-26(23)17-29(18-26)24(30)15-32-22-11-7-8-20(3)12-22/h4-12,19,23H,13-18H2,1-3H3,(H,27,31). The van der Waals surface area contributed by atoms with Gasteiger partial charge in [-0.3, -0.25) is 14.5 Å². The first kappa shape index (κ1) is 22.3. The summed E-state index contributed by atoms with van der Waals surface area (Å²) in [6, 6.07) is 18.2. The van der Waals surface area contributed by atoms with Crippen LogP contribution in [0.3, 0.4) is 0 Å². The van der Waals surface area contributed by atoms with E-state index < -0.39 is 0 Å². The summed E-state index contributed by atoms with van der Waals surface area (Å²) in [6.45, 7) is 9.55. The largest absolute Gasteiger partial charge is 0.484 e. The first-order chi connectivity index (χ1) is 15.3. The number of nitrogens with one attached hydrogen (secondary N) is 1. The Hall–Kier alpha value is -2.86. The van der Waals surface area contributed by atoms with Gasteiger partial charge in [0.1, 0.15) is 5.75 Å². The quantitative estimate of drug-likeness (QED) is 0.727. The lowest BCUT2D eigenvalue weighted by molar-refractivity contribution is -0.151. The van der Waals surface area contributed by atoms with Crippen LogP contribution in [-0.2, 0) is 16.1 Å². The third kappa shape index (κ3) is 4.96. The van der Waals surface area contributed by atoms with Crippen molar-refractivity contribution < 1.29 is 14.3 Å². The maximum atomic E-state index is 13.0. The monoisotopic (exact) mass is 435 g/mol. The van der Waals surface area contributed by atoms with Crippen molar-refractivity contribution in [3.05, 3.63) is 65.7 Å². The number of carbonyl (C=O) groups is 2. The van der Waals surface area contributed by atoms with Gasteiger partial charge in [0.2, 0.25) is 5.91 Å². The van der Waals surface area contributed by atoms with Crippen LogP contribution in [0.5, 0.6) is 5.75 Å². The van der Waals surface area contributed by atoms with Gasteiger partial charge in [-0.2, -0.15) is 0 Å². The number of ether oxygens (including phenoxy) is 1. The van der Waals surface area contributed by atoms with E-state index in [0.717, 1.165) is 25.2 Å². The van der Waals surface area contributed by atoms with Gasteiger partial charge < -0.3 is 15.0 Å². The Morgan fingerprint density at radius 2 is 1.84 bits per heavy atom. The minimum atomic E-state index is -0.188. The summed E-state index contributed by atoms with van der Waals surface area (Å²) >= 11 is 0. The Morgan fingerprint density at radius 3 is 2.53 bits per heavy atom. The van der Waals surface area contributed by atoms with Crippen molar-refractivity contribution in [3.63, 3.8) is 0 Å². The molecule has 4 rings (SSSR count). The minimum absolute atomic E-state index is 0.0239. The zero-order chi connectivity index (χ0) is 22.7. The third-order valence-corrected chi connectivity index (χ3v) is 6.43. The third-order valence-electron chi connectivity index (χ3n) is 6.43. The van der Waals surface area contributed by atoms with Crippen LogP contribution in [0.4, 0.5) is 0 Å². The normalized spacial score (nSPS) is 19.8. The van der Waals surface area contributed by atoms with E-state index in [2.05, 4.69) is 22.3 Å². The first-order valence-electron chi connectivity index (χ1n) is 11.4. The maximum Gasteiger partial charge on any atom is 0.260 e. The number of benzene rings is 2. The fraction of sp³-hybridized carbons (Fsp3) is 0.462. The maximum absolute atomic E-state index is 13.0. The number of nitrogens with zero attached hydrogens (tertiary/aromatic N) is 2. The highest BCUT2D eigenvalue weighted by Gasteiger charge is 2.57. The Kier molecular flexibility index (Phi) is 6.51. The molecule has 0 saturated carbocycles. The molecular weight excluding hydrogens is 402 g/mol. The van der Waals surface area contributed by atoms with E-state index in [9.17, 15) is 9.59 Å². The van der Waals surface area contributed by atoms with Gasteiger partial charge in [-0.25, -0.2) is 0 Å². The van der Waals surface area contributed by atoms with Crippen LogP contribution in [0.15, 0.2) is 54.6 Å². The molecule has 2 aliphatic rings. The summed E-state index contributed by atoms with van der Waals surface area (Å²) in [5.41, 5.74) is 2.15. The second-order valence-electron chi connectivity index (χ2n) is 9.59. The summed E-state index contributed by atoms with van der Waals surface area (Å²) in [5.74, 6) is 0.661. The zero-order valence-electron chi connectivity index (χ0n) is 19.2. The smallest absolute Gasteiger partial charge is 0.260 e. The minimum Gasteiger partial charge on any atom is -0.484 e. The number of carbonyl (C=O) groups excluding carboxylic acids is 2. The van der Waals surface area contributed by atoms with E-state index in [1.165, 1.54) is 5.56 Å². The number of aryl methyl sites for hydroxylation is 1. The highest BCUT2D eigenvalue weighted by atomic mass is 16.5. The molecular formula is C26H33N3O3. The molecule has 2 heterocycles. The summed E-state index contributed by atoms with van der Waals surface area (Å²) < 4.78 is 5.70. The molecule has 2 aromatic carbocycles. The summed E-state index contributed by atoms with van der Waals surface area (Å²) in [7, 11) is 0. The molecule has 6 nitrogen and oxygen atoms in total. The van der Waals surface area contributed by atoms with Gasteiger partial charge in [-0.05, 0) is 44.0 Å². The average Bonchev–Trinajstić information content (AvgIpc) is 3.11. The van der Waals surface area contributed by atoms with E-state index in [-0.39, 0.29) is 35.8 Å². The summed E-state index contributed by atoms with van der Waals surface area (Å²) in [4.78, 5) is 29.9. The van der Waals surface area contributed by atoms with Gasteiger partial charge in [0.25, 0.3) is 5.91 Å². The summed E-state index contributed by atoms with van der Waals surface area (Å²) in [6.07, 6.45) is 0. The van der Waals surface area contributed by atoms with Crippen molar-refractivity contribution >= 4 is 11.8 Å². The van der Waals surface area contributed by atoms with Gasteiger partial charge in [0, 0.05) is 44.2 Å². The van der Waals surface area contributed by atoms with Crippen LogP contribution in [0.1, 0.15) is 25.0 Å². The molecule has 1 unspecified atom stereocenters. The molecule has 170 valence electrons. The number of hydrogen-bond donors (Lipinski definition) is 1. The molecule has 2 aliphatic heterocycles. The molecule has 0 aromatic heterocycles. The lowest BCUT2D eigenvalue weighted by atomic mass is 9.71. The zero-order valence-corrected chi connectivity index (χ0v) is 19.2. The van der Waals surface area contributed by atoms with E-state index in [1.54, 1.807) is 0 Å². The van der Waals surface area contributed by atoms with Crippen molar-refractivity contribution in [2.75, 3.05) is 32.8 Å². The summed E-state index contributed by atoms with van der Waals surface area (Å²) in [5, 5.41) is 3.09. The first-order valence-corrected chi connectivity index (χ1v) is 11.4. The van der Waals surface area contributed by atoms with Crippen LogP contribution in [0, 0.1) is 18.3 Å². The van der Waals surface area contributed by atoms with Crippen molar-refractivity contribution in [2.45, 2.75) is 33.4 Å². The fourth-order valence-corrected chi connectivity index (χ4v) is 4.93. The Labute approximate surface area is 190 Å². The van der Waals surface area contributed by atoms with Crippen LogP contribution < -0.4 is 10.1 Å². The van der Waals surface area contributed by atoms with Crippen molar-refractivity contribution in [1.29, 1.82) is 0 Å². The van der Waals surface area contributed by atoms with E-state index >= 15 is 0 Å². The predicted molar refractivity (Wildman–Crippen MR) is 124 cm³/mol. The van der Waals surface area contributed by atoms with Gasteiger partial charge >= 0.3 is 0 Å². The number of amides is 2. The Morgan fingerprint density at radius 1 is 1.09 bits per heavy atom.